The number of hydrogen-bond donors (Lipinski definition) is 0. The molecule has 0 spiro atoms. The zero-order valence-corrected chi connectivity index (χ0v) is 14.1. The van der Waals surface area contributed by atoms with Crippen molar-refractivity contribution >= 4 is 0 Å². The highest BCUT2D eigenvalue weighted by atomic mass is 19.2. The molecule has 0 aliphatic heterocycles. The molecule has 0 fully saturated rings. The van der Waals surface area contributed by atoms with Gasteiger partial charge in [-0.05, 0) is 29.8 Å². The van der Waals surface area contributed by atoms with Gasteiger partial charge < -0.3 is 4.52 Å². The standard InChI is InChI=1S/C19H11F3N4O2/c20-14-7-13(8-15(21)18(14)22)16-4-5-17(27)26(24-16)9-11-2-1-3-12(6-11)19-23-10-28-25-19/h1-8,10H,9H2. The first-order valence-electron chi connectivity index (χ1n) is 8.10. The summed E-state index contributed by atoms with van der Waals surface area (Å²) in [5.41, 5.74) is 1.16. The van der Waals surface area contributed by atoms with Gasteiger partial charge in [0.05, 0.1) is 12.2 Å². The average Bonchev–Trinajstić information content (AvgIpc) is 3.22. The smallest absolute Gasteiger partial charge is 0.267 e. The van der Waals surface area contributed by atoms with Gasteiger partial charge >= 0.3 is 0 Å². The van der Waals surface area contributed by atoms with Crippen molar-refractivity contribution in [3.8, 4) is 22.6 Å². The van der Waals surface area contributed by atoms with Gasteiger partial charge in [-0.3, -0.25) is 4.79 Å². The van der Waals surface area contributed by atoms with Crippen molar-refractivity contribution in [1.82, 2.24) is 19.9 Å². The molecule has 28 heavy (non-hydrogen) atoms. The lowest BCUT2D eigenvalue weighted by Gasteiger charge is -2.09. The molecule has 4 aromatic rings. The predicted octanol–water partition coefficient (Wildman–Crippen LogP) is 3.43. The number of halogens is 3. The summed E-state index contributed by atoms with van der Waals surface area (Å²) in [6.07, 6.45) is 1.21. The van der Waals surface area contributed by atoms with Crippen LogP contribution in [0.5, 0.6) is 0 Å². The maximum atomic E-state index is 13.5. The number of nitrogens with zero attached hydrogens (tertiary/aromatic N) is 4. The molecule has 9 heteroatoms. The van der Waals surface area contributed by atoms with E-state index in [1.807, 2.05) is 0 Å². The number of rotatable bonds is 4. The van der Waals surface area contributed by atoms with Crippen LogP contribution >= 0.6 is 0 Å². The van der Waals surface area contributed by atoms with Crippen molar-refractivity contribution in [2.45, 2.75) is 6.54 Å². The second kappa shape index (κ2) is 7.10. The molecule has 2 aromatic heterocycles. The summed E-state index contributed by atoms with van der Waals surface area (Å²) in [6, 6.07) is 11.3. The molecule has 4 rings (SSSR count). The van der Waals surface area contributed by atoms with Crippen LogP contribution in [0.2, 0.25) is 0 Å². The van der Waals surface area contributed by atoms with Crippen LogP contribution in [0.4, 0.5) is 13.2 Å². The van der Waals surface area contributed by atoms with E-state index < -0.39 is 23.0 Å². The molecule has 0 N–H and O–H groups in total. The van der Waals surface area contributed by atoms with Gasteiger partial charge in [-0.1, -0.05) is 23.4 Å². The summed E-state index contributed by atoms with van der Waals surface area (Å²) < 4.78 is 46.0. The maximum Gasteiger partial charge on any atom is 0.267 e. The van der Waals surface area contributed by atoms with Crippen molar-refractivity contribution < 1.29 is 17.7 Å². The van der Waals surface area contributed by atoms with Crippen molar-refractivity contribution in [2.24, 2.45) is 0 Å². The van der Waals surface area contributed by atoms with Gasteiger partial charge in [0.2, 0.25) is 12.2 Å². The molecule has 0 saturated carbocycles. The number of aromatic nitrogens is 4. The largest absolute Gasteiger partial charge is 0.342 e. The highest BCUT2D eigenvalue weighted by Gasteiger charge is 2.13. The SMILES string of the molecule is O=c1ccc(-c2cc(F)c(F)c(F)c2)nn1Cc1cccc(-c2ncon2)c1. The normalized spacial score (nSPS) is 11.0. The first kappa shape index (κ1) is 17.7. The second-order valence-corrected chi connectivity index (χ2v) is 5.92. The van der Waals surface area contributed by atoms with E-state index in [1.54, 1.807) is 24.3 Å². The Balaban J connectivity index is 1.69. The van der Waals surface area contributed by atoms with Crippen LogP contribution in [-0.2, 0) is 6.54 Å². The van der Waals surface area contributed by atoms with E-state index in [0.29, 0.717) is 11.4 Å². The predicted molar refractivity (Wildman–Crippen MR) is 92.6 cm³/mol. The highest BCUT2D eigenvalue weighted by Crippen LogP contribution is 2.22. The van der Waals surface area contributed by atoms with E-state index in [4.69, 9.17) is 4.52 Å². The zero-order chi connectivity index (χ0) is 19.7. The Bertz CT molecular complexity index is 1180. The monoisotopic (exact) mass is 384 g/mol. The molecule has 0 saturated heterocycles. The van der Waals surface area contributed by atoms with Crippen LogP contribution in [0.3, 0.4) is 0 Å². The Morgan fingerprint density at radius 3 is 2.46 bits per heavy atom. The van der Waals surface area contributed by atoms with Crippen molar-refractivity contribution in [3.05, 3.63) is 88.3 Å². The summed E-state index contributed by atoms with van der Waals surface area (Å²) >= 11 is 0. The zero-order valence-electron chi connectivity index (χ0n) is 14.1. The van der Waals surface area contributed by atoms with E-state index in [9.17, 15) is 18.0 Å². The van der Waals surface area contributed by atoms with Crippen LogP contribution in [-0.4, -0.2) is 19.9 Å². The molecule has 0 unspecified atom stereocenters. The third-order valence-corrected chi connectivity index (χ3v) is 4.03. The molecular formula is C19H11F3N4O2. The Morgan fingerprint density at radius 2 is 1.75 bits per heavy atom. The van der Waals surface area contributed by atoms with Crippen LogP contribution in [0, 0.1) is 17.5 Å². The molecule has 0 aliphatic carbocycles. The lowest BCUT2D eigenvalue weighted by atomic mass is 10.1. The topological polar surface area (TPSA) is 73.8 Å². The van der Waals surface area contributed by atoms with E-state index in [0.717, 1.165) is 22.4 Å². The average molecular weight is 384 g/mol. The van der Waals surface area contributed by atoms with Gasteiger partial charge in [0.15, 0.2) is 17.5 Å². The minimum absolute atomic E-state index is 0.0192. The van der Waals surface area contributed by atoms with E-state index in [-0.39, 0.29) is 17.8 Å². The lowest BCUT2D eigenvalue weighted by molar-refractivity contribution is 0.419. The van der Waals surface area contributed by atoms with Gasteiger partial charge in [0.1, 0.15) is 0 Å². The van der Waals surface area contributed by atoms with Gasteiger partial charge in [-0.2, -0.15) is 10.1 Å². The lowest BCUT2D eigenvalue weighted by Crippen LogP contribution is -2.22. The first-order chi connectivity index (χ1) is 13.5. The van der Waals surface area contributed by atoms with E-state index >= 15 is 0 Å². The highest BCUT2D eigenvalue weighted by molar-refractivity contribution is 5.58. The Labute approximate surface area is 155 Å². The van der Waals surface area contributed by atoms with Gasteiger partial charge in [0.25, 0.3) is 5.56 Å². The fraction of sp³-hybridized carbons (Fsp3) is 0.0526. The molecule has 0 amide bonds. The van der Waals surface area contributed by atoms with Crippen LogP contribution in [0.1, 0.15) is 5.56 Å². The molecular weight excluding hydrogens is 373 g/mol. The quantitative estimate of drug-likeness (QED) is 0.504. The fourth-order valence-electron chi connectivity index (χ4n) is 2.70. The van der Waals surface area contributed by atoms with E-state index in [2.05, 4.69) is 15.2 Å². The molecule has 2 aromatic carbocycles. The molecule has 140 valence electrons. The molecule has 0 radical (unpaired) electrons. The summed E-state index contributed by atoms with van der Waals surface area (Å²) in [5, 5.41) is 7.90. The van der Waals surface area contributed by atoms with Gasteiger partial charge in [0, 0.05) is 17.2 Å². The third kappa shape index (κ3) is 3.41. The third-order valence-electron chi connectivity index (χ3n) is 4.03. The Hall–Kier alpha value is -3.75. The van der Waals surface area contributed by atoms with Crippen LogP contribution in [0.25, 0.3) is 22.6 Å². The molecule has 2 heterocycles. The fourth-order valence-corrected chi connectivity index (χ4v) is 2.70. The minimum atomic E-state index is -1.56. The summed E-state index contributed by atoms with van der Waals surface area (Å²) in [6.45, 7) is 0.102. The van der Waals surface area contributed by atoms with Crippen molar-refractivity contribution in [2.75, 3.05) is 0 Å². The van der Waals surface area contributed by atoms with Crippen molar-refractivity contribution in [1.29, 1.82) is 0 Å². The van der Waals surface area contributed by atoms with E-state index in [1.165, 1.54) is 18.5 Å². The summed E-state index contributed by atoms with van der Waals surface area (Å²) in [7, 11) is 0. The summed E-state index contributed by atoms with van der Waals surface area (Å²) in [4.78, 5) is 16.1. The molecule has 0 bridgehead atoms. The van der Waals surface area contributed by atoms with Gasteiger partial charge in [-0.15, -0.1) is 0 Å². The maximum absolute atomic E-state index is 13.5. The number of hydrogen-bond acceptors (Lipinski definition) is 5. The summed E-state index contributed by atoms with van der Waals surface area (Å²) in [5.74, 6) is -3.83. The molecule has 0 atom stereocenters. The van der Waals surface area contributed by atoms with Crippen LogP contribution < -0.4 is 5.56 Å². The Morgan fingerprint density at radius 1 is 0.964 bits per heavy atom. The van der Waals surface area contributed by atoms with Crippen molar-refractivity contribution in [3.63, 3.8) is 0 Å². The minimum Gasteiger partial charge on any atom is -0.342 e. The Kier molecular flexibility index (Phi) is 4.48. The molecule has 0 aliphatic rings. The van der Waals surface area contributed by atoms with Gasteiger partial charge in [-0.25, -0.2) is 17.9 Å². The number of benzene rings is 2. The second-order valence-electron chi connectivity index (χ2n) is 5.92. The first-order valence-corrected chi connectivity index (χ1v) is 8.10. The van der Waals surface area contributed by atoms with Crippen LogP contribution in [0.15, 0.2) is 64.2 Å². The molecule has 6 nitrogen and oxygen atoms in total.